The van der Waals surface area contributed by atoms with E-state index in [0.29, 0.717) is 49.7 Å². The first-order chi connectivity index (χ1) is 29.8. The minimum atomic E-state index is -2.02. The highest BCUT2D eigenvalue weighted by Gasteiger charge is 2.62. The van der Waals surface area contributed by atoms with Gasteiger partial charge in [0.2, 0.25) is 0 Å². The Labute approximate surface area is 367 Å². The summed E-state index contributed by atoms with van der Waals surface area (Å²) in [5.74, 6) is -0.106. The van der Waals surface area contributed by atoms with Gasteiger partial charge in [-0.2, -0.15) is 0 Å². The monoisotopic (exact) mass is 898 g/mol. The molecule has 24 atom stereocenters. The number of Topliss-reactive ketones (excluding diaryl/α,β-unsaturated/α-hetero) is 1. The smallest absolute Gasteiger partial charge is 0.335 e. The second kappa shape index (κ2) is 18.4. The lowest BCUT2D eigenvalue weighted by Gasteiger charge is -2.60. The molecule has 0 unspecified atom stereocenters. The van der Waals surface area contributed by atoms with Gasteiger partial charge in [-0.1, -0.05) is 46.3 Å². The third-order valence-corrected chi connectivity index (χ3v) is 16.6. The third kappa shape index (κ3) is 8.60. The van der Waals surface area contributed by atoms with Gasteiger partial charge in [-0.3, -0.25) is 4.79 Å². The van der Waals surface area contributed by atoms with E-state index in [1.807, 2.05) is 0 Å². The van der Waals surface area contributed by atoms with Crippen molar-refractivity contribution in [3.8, 4) is 0 Å². The normalized spacial score (nSPS) is 51.8. The Bertz CT molecular complexity index is 1680. The van der Waals surface area contributed by atoms with Crippen molar-refractivity contribution >= 4 is 11.8 Å². The van der Waals surface area contributed by atoms with Crippen molar-refractivity contribution in [2.24, 2.45) is 46.3 Å². The van der Waals surface area contributed by atoms with Gasteiger partial charge in [0.05, 0.1) is 25.4 Å². The van der Waals surface area contributed by atoms with Crippen LogP contribution in [0.4, 0.5) is 0 Å². The first kappa shape index (κ1) is 47.8. The summed E-state index contributed by atoms with van der Waals surface area (Å²) in [6.45, 7) is 9.97. The molecule has 8 aliphatic rings. The molecular weight excluding hydrogens is 828 g/mol. The molecule has 0 aromatic carbocycles. The van der Waals surface area contributed by atoms with Crippen LogP contribution in [0.2, 0.25) is 0 Å². The number of carboxylic acid groups (broad SMARTS) is 1. The molecular formula is C45H70O18. The molecule has 4 aliphatic heterocycles. The Morgan fingerprint density at radius 1 is 0.698 bits per heavy atom. The van der Waals surface area contributed by atoms with Crippen LogP contribution in [0.5, 0.6) is 0 Å². The Morgan fingerprint density at radius 3 is 2.03 bits per heavy atom. The maximum atomic E-state index is 13.0. The van der Waals surface area contributed by atoms with Gasteiger partial charge in [0.1, 0.15) is 72.9 Å². The molecule has 0 spiro atoms. The molecule has 18 nitrogen and oxygen atoms in total. The zero-order chi connectivity index (χ0) is 45.4. The second-order valence-corrected chi connectivity index (χ2v) is 20.9. The fraction of sp³-hybridized carbons (Fsp3) is 0.911. The molecule has 0 aromatic heterocycles. The number of carbonyl (C=O) groups excluding carboxylic acids is 1. The maximum absolute atomic E-state index is 13.0. The van der Waals surface area contributed by atoms with Crippen LogP contribution in [0, 0.1) is 46.3 Å². The van der Waals surface area contributed by atoms with Gasteiger partial charge < -0.3 is 79.1 Å². The summed E-state index contributed by atoms with van der Waals surface area (Å²) < 4.78 is 43.3. The fourth-order valence-corrected chi connectivity index (χ4v) is 13.3. The van der Waals surface area contributed by atoms with E-state index in [1.54, 1.807) is 0 Å². The van der Waals surface area contributed by atoms with E-state index in [1.165, 1.54) is 5.57 Å². The van der Waals surface area contributed by atoms with Gasteiger partial charge in [0, 0.05) is 12.8 Å². The minimum absolute atomic E-state index is 0.0371. The van der Waals surface area contributed by atoms with Gasteiger partial charge in [-0.15, -0.1) is 0 Å². The molecule has 18 heteroatoms. The summed E-state index contributed by atoms with van der Waals surface area (Å²) in [6, 6.07) is 0. The second-order valence-electron chi connectivity index (χ2n) is 20.9. The largest absolute Gasteiger partial charge is 0.479 e. The van der Waals surface area contributed by atoms with E-state index >= 15 is 0 Å². The number of aliphatic hydroxyl groups excluding tert-OH is 8. The number of carboxylic acids is 1. The van der Waals surface area contributed by atoms with Crippen LogP contribution in [0.3, 0.4) is 0 Å². The Morgan fingerprint density at radius 2 is 1.35 bits per heavy atom. The summed E-state index contributed by atoms with van der Waals surface area (Å²) in [4.78, 5) is 25.4. The zero-order valence-electron chi connectivity index (χ0n) is 36.8. The van der Waals surface area contributed by atoms with E-state index in [2.05, 4.69) is 40.7 Å². The van der Waals surface area contributed by atoms with Crippen molar-refractivity contribution in [1.82, 2.24) is 0 Å². The Balaban J connectivity index is 1.15. The highest BCUT2D eigenvalue weighted by atomic mass is 16.8. The Hall–Kier alpha value is -1.72. The lowest BCUT2D eigenvalue weighted by molar-refractivity contribution is -0.395. The van der Waals surface area contributed by atoms with Gasteiger partial charge in [-0.25, -0.2) is 4.79 Å². The number of aliphatic carboxylic acids is 1. The predicted octanol–water partition coefficient (Wildman–Crippen LogP) is 0.149. The molecule has 7 fully saturated rings. The molecule has 3 saturated carbocycles. The fourth-order valence-electron chi connectivity index (χ4n) is 13.3. The van der Waals surface area contributed by atoms with E-state index in [-0.39, 0.29) is 41.1 Å². The molecule has 4 saturated heterocycles. The molecule has 9 N–H and O–H groups in total. The van der Waals surface area contributed by atoms with Crippen LogP contribution < -0.4 is 0 Å². The third-order valence-electron chi connectivity index (χ3n) is 16.6. The van der Waals surface area contributed by atoms with Gasteiger partial charge in [-0.05, 0) is 91.3 Å². The van der Waals surface area contributed by atoms with Crippen molar-refractivity contribution in [1.29, 1.82) is 0 Å². The summed E-state index contributed by atoms with van der Waals surface area (Å²) in [5.41, 5.74) is 0.979. The molecule has 4 bridgehead atoms. The number of ketones is 1. The van der Waals surface area contributed by atoms with Crippen molar-refractivity contribution in [2.75, 3.05) is 13.2 Å². The number of aliphatic hydroxyl groups is 8. The number of allylic oxidation sites excluding steroid dienone is 1. The van der Waals surface area contributed by atoms with E-state index in [4.69, 9.17) is 33.2 Å². The highest BCUT2D eigenvalue weighted by Crippen LogP contribution is 2.67. The van der Waals surface area contributed by atoms with Crippen molar-refractivity contribution in [3.05, 3.63) is 11.6 Å². The average Bonchev–Trinajstić information content (AvgIpc) is 3.59. The van der Waals surface area contributed by atoms with E-state index in [0.717, 1.165) is 25.7 Å². The van der Waals surface area contributed by atoms with Crippen LogP contribution in [-0.2, 0) is 42.7 Å². The average molecular weight is 899 g/mol. The van der Waals surface area contributed by atoms with Crippen LogP contribution in [0.15, 0.2) is 11.6 Å². The lowest BCUT2D eigenvalue weighted by Crippen LogP contribution is -2.67. The molecule has 0 radical (unpaired) electrons. The quantitative estimate of drug-likeness (QED) is 0.154. The summed E-state index contributed by atoms with van der Waals surface area (Å²) in [7, 11) is 0. The number of hydrogen-bond acceptors (Lipinski definition) is 17. The molecule has 8 rings (SSSR count). The maximum Gasteiger partial charge on any atom is 0.335 e. The number of hydrogen-bond donors (Lipinski definition) is 9. The molecule has 4 aliphatic carbocycles. The highest BCUT2D eigenvalue weighted by molar-refractivity contribution is 5.78. The topological polar surface area (TPSA) is 281 Å². The van der Waals surface area contributed by atoms with Gasteiger partial charge >= 0.3 is 5.97 Å². The number of ether oxygens (including phenoxy) is 7. The van der Waals surface area contributed by atoms with Crippen LogP contribution in [0.1, 0.15) is 92.4 Å². The standard InChI is InChI=1S/C45H70O18/c1-18(2)12-20(47)13-19(3)23-6-7-24-22-15-27-26-14-21(8-10-45(26,5)25(22)9-11-44(23,24)4)58-42-39(35(53)34(52)37(61-42)40(55)56)63-43-38(33(51)30(48)28(16-46)59-43)62-41-36(54)32(50)31(49)29(60-41)17-57-27/h15,18-19,21,23-39,41-43,46,48-54H,6-14,16-17H2,1-5H3,(H,55,56)/t19-,21+,23-,24+,25+,26-,27-,28-,29-,30+,31-,32+,33+,34+,35+,36-,37+,38-,39-,41+,42-,43+,44-,45-/m1/s1. The predicted molar refractivity (Wildman–Crippen MR) is 216 cm³/mol. The van der Waals surface area contributed by atoms with Gasteiger partial charge in [0.15, 0.2) is 25.0 Å². The lowest BCUT2D eigenvalue weighted by atomic mass is 9.47. The molecule has 0 aromatic rings. The van der Waals surface area contributed by atoms with Gasteiger partial charge in [0.25, 0.3) is 0 Å². The molecule has 4 heterocycles. The molecule has 63 heavy (non-hydrogen) atoms. The van der Waals surface area contributed by atoms with Crippen molar-refractivity contribution in [3.63, 3.8) is 0 Å². The minimum Gasteiger partial charge on any atom is -0.479 e. The van der Waals surface area contributed by atoms with E-state index < -0.39 is 117 Å². The van der Waals surface area contributed by atoms with Crippen LogP contribution >= 0.6 is 0 Å². The van der Waals surface area contributed by atoms with Crippen molar-refractivity contribution in [2.45, 2.75) is 197 Å². The number of rotatable bonds is 7. The SMILES string of the molecule is CC(C)CC(=O)C[C@@H](C)[C@H]1CC[C@H]2C3=C[C@H]4OC[C@H]5O[C@@H](O[C@H]6[C@H](O[C@H]7[C@H](O[C@H]8CC[C@@](C)([C@@H]4C8)[C@H]3CC[C@]12C)O[C@H](C(=O)O)[C@@H](O)[C@@H]7O)O[C@H](CO)[C@H](O)[C@@H]6O)[C@H](O)[C@@H](O)[C@@H]5O. The van der Waals surface area contributed by atoms with Crippen LogP contribution in [-0.4, -0.2) is 175 Å². The first-order valence-electron chi connectivity index (χ1n) is 23.1. The summed E-state index contributed by atoms with van der Waals surface area (Å²) >= 11 is 0. The van der Waals surface area contributed by atoms with E-state index in [9.17, 15) is 55.5 Å². The number of carbonyl (C=O) groups is 2. The molecule has 358 valence electrons. The Kier molecular flexibility index (Phi) is 14.0. The zero-order valence-corrected chi connectivity index (χ0v) is 36.8. The number of fused-ring (bicyclic) bond motifs is 9. The summed E-state index contributed by atoms with van der Waals surface area (Å²) in [5, 5.41) is 98.3. The molecule has 0 amide bonds. The summed E-state index contributed by atoms with van der Waals surface area (Å²) in [6.07, 6.45) is -18.6. The van der Waals surface area contributed by atoms with Crippen molar-refractivity contribution < 1.29 is 88.7 Å². The first-order valence-corrected chi connectivity index (χ1v) is 23.1. The van der Waals surface area contributed by atoms with Crippen LogP contribution in [0.25, 0.3) is 0 Å².